The normalized spacial score (nSPS) is 27.8. The Balaban J connectivity index is 2.18. The second-order valence-electron chi connectivity index (χ2n) is 5.39. The van der Waals surface area contributed by atoms with Crippen LogP contribution in [-0.2, 0) is 4.79 Å². The topological polar surface area (TPSA) is 80.0 Å². The molecule has 0 spiro atoms. The Morgan fingerprint density at radius 3 is 2.71 bits per heavy atom. The van der Waals surface area contributed by atoms with E-state index in [0.29, 0.717) is 11.0 Å². The highest BCUT2D eigenvalue weighted by atomic mass is 35.5. The Bertz CT molecular complexity index is 681. The van der Waals surface area contributed by atoms with Gasteiger partial charge in [-0.2, -0.15) is 10.1 Å². The van der Waals surface area contributed by atoms with Gasteiger partial charge in [-0.1, -0.05) is 23.7 Å². The molecule has 1 aromatic heterocycles. The summed E-state index contributed by atoms with van der Waals surface area (Å²) in [6, 6.07) is 6.72. The molecule has 2 heterocycles. The van der Waals surface area contributed by atoms with E-state index >= 15 is 0 Å². The van der Waals surface area contributed by atoms with Crippen molar-refractivity contribution in [1.29, 1.82) is 0 Å². The van der Waals surface area contributed by atoms with Crippen molar-refractivity contribution in [3.05, 3.63) is 41.2 Å². The molecule has 0 saturated heterocycles. The first-order chi connectivity index (χ1) is 9.90. The van der Waals surface area contributed by atoms with Crippen LogP contribution in [0.2, 0.25) is 5.02 Å². The van der Waals surface area contributed by atoms with Crippen LogP contribution in [0.25, 0.3) is 0 Å². The molecule has 1 aliphatic rings. The molecule has 21 heavy (non-hydrogen) atoms. The summed E-state index contributed by atoms with van der Waals surface area (Å²) in [7, 11) is 0. The van der Waals surface area contributed by atoms with Crippen molar-refractivity contribution in [1.82, 2.24) is 14.8 Å². The van der Waals surface area contributed by atoms with Gasteiger partial charge in [-0.25, -0.2) is 4.68 Å². The molecule has 7 heteroatoms. The monoisotopic (exact) mass is 306 g/mol. The molecule has 110 valence electrons. The van der Waals surface area contributed by atoms with Gasteiger partial charge >= 0.3 is 0 Å². The quantitative estimate of drug-likeness (QED) is 0.885. The molecule has 0 aliphatic carbocycles. The molecule has 1 aromatic carbocycles. The minimum Gasteiger partial charge on any atom is -0.370 e. The number of nitrogens with one attached hydrogen (secondary N) is 1. The van der Waals surface area contributed by atoms with E-state index in [-0.39, 0.29) is 5.78 Å². The lowest BCUT2D eigenvalue weighted by Gasteiger charge is -2.42. The summed E-state index contributed by atoms with van der Waals surface area (Å²) in [5, 5.41) is 18.3. The number of Topliss-reactive ketones (excluding diaryl/α,β-unsaturated/α-hetero) is 1. The van der Waals surface area contributed by atoms with Crippen LogP contribution < -0.4 is 5.32 Å². The average Bonchev–Trinajstić information content (AvgIpc) is 2.84. The average molecular weight is 307 g/mol. The van der Waals surface area contributed by atoms with E-state index in [1.54, 1.807) is 23.7 Å². The summed E-state index contributed by atoms with van der Waals surface area (Å²) in [6.07, 6.45) is 1.39. The van der Waals surface area contributed by atoms with Crippen LogP contribution >= 0.6 is 11.6 Å². The van der Waals surface area contributed by atoms with E-state index in [1.807, 2.05) is 12.1 Å². The van der Waals surface area contributed by atoms with Gasteiger partial charge in [-0.15, -0.1) is 0 Å². The number of fused-ring (bicyclic) bond motifs is 1. The Hall–Kier alpha value is -1.92. The fraction of sp³-hybridized carbons (Fsp3) is 0.357. The van der Waals surface area contributed by atoms with E-state index in [4.69, 9.17) is 11.6 Å². The highest BCUT2D eigenvalue weighted by Gasteiger charge is 2.48. The predicted molar refractivity (Wildman–Crippen MR) is 78.0 cm³/mol. The molecule has 3 unspecified atom stereocenters. The third kappa shape index (κ3) is 2.30. The zero-order chi connectivity index (χ0) is 15.2. The first-order valence-electron chi connectivity index (χ1n) is 6.56. The highest BCUT2D eigenvalue weighted by Crippen LogP contribution is 2.40. The van der Waals surface area contributed by atoms with Crippen LogP contribution in [0.4, 0.5) is 5.95 Å². The molecule has 0 bridgehead atoms. The smallest absolute Gasteiger partial charge is 0.223 e. The molecule has 0 amide bonds. The van der Waals surface area contributed by atoms with E-state index < -0.39 is 17.7 Å². The van der Waals surface area contributed by atoms with Crippen molar-refractivity contribution < 1.29 is 9.90 Å². The fourth-order valence-electron chi connectivity index (χ4n) is 2.91. The Labute approximate surface area is 126 Å². The summed E-state index contributed by atoms with van der Waals surface area (Å²) >= 11 is 5.92. The molecule has 0 fully saturated rings. The number of nitrogens with zero attached hydrogens (tertiary/aromatic N) is 3. The maximum absolute atomic E-state index is 12.1. The second-order valence-corrected chi connectivity index (χ2v) is 5.82. The van der Waals surface area contributed by atoms with Crippen LogP contribution in [0.15, 0.2) is 30.6 Å². The zero-order valence-electron chi connectivity index (χ0n) is 11.6. The lowest BCUT2D eigenvalue weighted by atomic mass is 9.81. The van der Waals surface area contributed by atoms with E-state index in [2.05, 4.69) is 15.4 Å². The first kappa shape index (κ1) is 14.0. The Morgan fingerprint density at radius 2 is 2.10 bits per heavy atom. The largest absolute Gasteiger partial charge is 0.370 e. The molecule has 3 atom stereocenters. The number of hydrogen-bond acceptors (Lipinski definition) is 5. The molecule has 2 aromatic rings. The van der Waals surface area contributed by atoms with Gasteiger partial charge in [0.2, 0.25) is 5.95 Å². The second kappa shape index (κ2) is 4.82. The van der Waals surface area contributed by atoms with Crippen molar-refractivity contribution in [2.24, 2.45) is 5.92 Å². The molecular weight excluding hydrogens is 292 g/mol. The third-order valence-corrected chi connectivity index (χ3v) is 4.02. The number of carbonyl (C=O) groups excluding carboxylic acids is 1. The van der Waals surface area contributed by atoms with Crippen LogP contribution in [0.1, 0.15) is 25.5 Å². The van der Waals surface area contributed by atoms with E-state index in [1.165, 1.54) is 13.3 Å². The van der Waals surface area contributed by atoms with Crippen LogP contribution in [0.3, 0.4) is 0 Å². The standard InChI is InChI=1S/C14H15ClN4O2/c1-8(20)11-12(9-3-5-10(15)6-4-9)19-13(16-7-17-19)18-14(11,2)21/h3-7,11-12,21H,1-2H3,(H,16,17,18). The van der Waals surface area contributed by atoms with Crippen molar-refractivity contribution >= 4 is 23.3 Å². The van der Waals surface area contributed by atoms with Gasteiger partial charge in [0.25, 0.3) is 0 Å². The molecule has 0 saturated carbocycles. The number of aromatic nitrogens is 3. The predicted octanol–water partition coefficient (Wildman–Crippen LogP) is 1.86. The summed E-state index contributed by atoms with van der Waals surface area (Å²) in [5.74, 6) is -0.390. The van der Waals surface area contributed by atoms with Crippen molar-refractivity contribution in [2.75, 3.05) is 5.32 Å². The summed E-state index contributed by atoms with van der Waals surface area (Å²) in [5.41, 5.74) is -0.563. The maximum Gasteiger partial charge on any atom is 0.223 e. The summed E-state index contributed by atoms with van der Waals surface area (Å²) in [4.78, 5) is 16.2. The molecule has 6 nitrogen and oxygen atoms in total. The van der Waals surface area contributed by atoms with Gasteiger partial charge in [-0.05, 0) is 31.5 Å². The van der Waals surface area contributed by atoms with Crippen LogP contribution in [0.5, 0.6) is 0 Å². The number of rotatable bonds is 2. The number of ketones is 1. The van der Waals surface area contributed by atoms with Crippen LogP contribution in [-0.4, -0.2) is 31.4 Å². The van der Waals surface area contributed by atoms with Gasteiger partial charge in [0.05, 0.1) is 12.0 Å². The van der Waals surface area contributed by atoms with Gasteiger partial charge < -0.3 is 10.4 Å². The minimum absolute atomic E-state index is 0.131. The first-order valence-corrected chi connectivity index (χ1v) is 6.94. The highest BCUT2D eigenvalue weighted by molar-refractivity contribution is 6.30. The van der Waals surface area contributed by atoms with Crippen LogP contribution in [0, 0.1) is 5.92 Å². The van der Waals surface area contributed by atoms with E-state index in [9.17, 15) is 9.90 Å². The molecule has 0 radical (unpaired) electrons. The molecule has 2 N–H and O–H groups in total. The van der Waals surface area contributed by atoms with Gasteiger partial charge in [0, 0.05) is 5.02 Å². The zero-order valence-corrected chi connectivity index (χ0v) is 12.4. The number of anilines is 1. The number of aliphatic hydroxyl groups is 1. The maximum atomic E-state index is 12.1. The fourth-order valence-corrected chi connectivity index (χ4v) is 3.03. The SMILES string of the molecule is CC(=O)C1C(c2ccc(Cl)cc2)n2ncnc2NC1(C)O. The van der Waals surface area contributed by atoms with Gasteiger partial charge in [0.15, 0.2) is 0 Å². The molecular formula is C14H15ClN4O2. The lowest BCUT2D eigenvalue weighted by Crippen LogP contribution is -2.54. The summed E-state index contributed by atoms with van der Waals surface area (Å²) in [6.45, 7) is 3.03. The minimum atomic E-state index is -1.40. The molecule has 1 aliphatic heterocycles. The van der Waals surface area contributed by atoms with Gasteiger partial charge in [-0.3, -0.25) is 4.79 Å². The number of benzene rings is 1. The number of carbonyl (C=O) groups is 1. The van der Waals surface area contributed by atoms with Gasteiger partial charge in [0.1, 0.15) is 17.8 Å². The van der Waals surface area contributed by atoms with Crippen molar-refractivity contribution in [3.8, 4) is 0 Å². The van der Waals surface area contributed by atoms with Crippen molar-refractivity contribution in [2.45, 2.75) is 25.6 Å². The Morgan fingerprint density at radius 1 is 1.43 bits per heavy atom. The number of halogens is 1. The molecule has 3 rings (SSSR count). The summed E-state index contributed by atoms with van der Waals surface area (Å²) < 4.78 is 1.62. The third-order valence-electron chi connectivity index (χ3n) is 3.77. The van der Waals surface area contributed by atoms with Crippen molar-refractivity contribution in [3.63, 3.8) is 0 Å². The lowest BCUT2D eigenvalue weighted by molar-refractivity contribution is -0.130. The Kier molecular flexibility index (Phi) is 3.22. The van der Waals surface area contributed by atoms with E-state index in [0.717, 1.165) is 5.56 Å². The number of hydrogen-bond donors (Lipinski definition) is 2.